The summed E-state index contributed by atoms with van der Waals surface area (Å²) in [6.45, 7) is 3.09. The van der Waals surface area contributed by atoms with Gasteiger partial charge in [0.15, 0.2) is 4.34 Å². The van der Waals surface area contributed by atoms with Gasteiger partial charge in [-0.3, -0.25) is 0 Å². The van der Waals surface area contributed by atoms with E-state index in [9.17, 15) is 0 Å². The van der Waals surface area contributed by atoms with Crippen LogP contribution in [0.3, 0.4) is 0 Å². The number of hydrogen-bond donors (Lipinski definition) is 0. The maximum atomic E-state index is 5.73. The molecule has 2 atom stereocenters. The van der Waals surface area contributed by atoms with Gasteiger partial charge in [-0.1, -0.05) is 30.0 Å². The third kappa shape index (κ3) is 2.27. The van der Waals surface area contributed by atoms with Gasteiger partial charge in [0.25, 0.3) is 0 Å². The van der Waals surface area contributed by atoms with Crippen LogP contribution < -0.4 is 0 Å². The number of aromatic nitrogens is 2. The van der Waals surface area contributed by atoms with Crippen LogP contribution in [0.2, 0.25) is 0 Å². The fourth-order valence-corrected chi connectivity index (χ4v) is 2.88. The molecule has 0 aliphatic carbocycles. The quantitative estimate of drug-likeness (QED) is 0.732. The van der Waals surface area contributed by atoms with E-state index in [4.69, 9.17) is 4.74 Å². The Kier molecular flexibility index (Phi) is 3.41. The molecule has 2 heterocycles. The fraction of sp³-hybridized carbons (Fsp3) is 0.778. The number of rotatable bonds is 2. The van der Waals surface area contributed by atoms with Crippen LogP contribution in [0.5, 0.6) is 0 Å². The molecule has 1 aliphatic heterocycles. The Bertz CT molecular complexity index is 295. The first kappa shape index (κ1) is 10.4. The second kappa shape index (κ2) is 4.59. The van der Waals surface area contributed by atoms with E-state index in [0.29, 0.717) is 5.92 Å². The van der Waals surface area contributed by atoms with E-state index < -0.39 is 0 Å². The van der Waals surface area contributed by atoms with Crippen molar-refractivity contribution in [2.75, 3.05) is 12.9 Å². The molecule has 5 heteroatoms. The number of ether oxygens (including phenoxy) is 1. The van der Waals surface area contributed by atoms with E-state index in [1.807, 2.05) is 6.26 Å². The molecule has 1 saturated heterocycles. The van der Waals surface area contributed by atoms with E-state index in [1.165, 1.54) is 6.42 Å². The summed E-state index contributed by atoms with van der Waals surface area (Å²) in [5.41, 5.74) is 0. The van der Waals surface area contributed by atoms with Crippen LogP contribution in [-0.2, 0) is 4.74 Å². The number of nitrogens with zero attached hydrogens (tertiary/aromatic N) is 2. The van der Waals surface area contributed by atoms with Crippen molar-refractivity contribution in [2.45, 2.75) is 30.2 Å². The lowest BCUT2D eigenvalue weighted by atomic mass is 10.0. The van der Waals surface area contributed by atoms with Crippen molar-refractivity contribution >= 4 is 23.1 Å². The SMILES string of the molecule is CSc1nnc([C@@H]2CC[C@@H](C)CO2)s1. The van der Waals surface area contributed by atoms with Crippen molar-refractivity contribution in [2.24, 2.45) is 5.92 Å². The molecule has 0 unspecified atom stereocenters. The van der Waals surface area contributed by atoms with E-state index in [2.05, 4.69) is 17.1 Å². The van der Waals surface area contributed by atoms with Gasteiger partial charge in [0, 0.05) is 0 Å². The van der Waals surface area contributed by atoms with Crippen molar-refractivity contribution in [1.29, 1.82) is 0 Å². The Balaban J connectivity index is 2.01. The molecule has 78 valence electrons. The molecule has 2 rings (SSSR count). The van der Waals surface area contributed by atoms with Crippen molar-refractivity contribution in [1.82, 2.24) is 10.2 Å². The Morgan fingerprint density at radius 1 is 1.43 bits per heavy atom. The first-order valence-electron chi connectivity index (χ1n) is 4.78. The average Bonchev–Trinajstić information content (AvgIpc) is 2.67. The maximum Gasteiger partial charge on any atom is 0.174 e. The Labute approximate surface area is 92.3 Å². The zero-order valence-electron chi connectivity index (χ0n) is 8.40. The molecule has 0 aromatic carbocycles. The second-order valence-corrected chi connectivity index (χ2v) is 5.68. The Morgan fingerprint density at radius 2 is 2.29 bits per heavy atom. The molecule has 0 N–H and O–H groups in total. The zero-order valence-corrected chi connectivity index (χ0v) is 10.0. The topological polar surface area (TPSA) is 35.0 Å². The maximum absolute atomic E-state index is 5.73. The molecule has 0 radical (unpaired) electrons. The minimum atomic E-state index is 0.199. The lowest BCUT2D eigenvalue weighted by molar-refractivity contribution is -0.0127. The molecule has 1 aromatic rings. The minimum Gasteiger partial charge on any atom is -0.371 e. The summed E-state index contributed by atoms with van der Waals surface area (Å²) < 4.78 is 6.76. The molecule has 0 bridgehead atoms. The zero-order chi connectivity index (χ0) is 9.97. The molecule has 0 saturated carbocycles. The third-order valence-corrected chi connectivity index (χ3v) is 4.37. The first-order chi connectivity index (χ1) is 6.79. The predicted octanol–water partition coefficient (Wildman–Crippen LogP) is 2.75. The molecule has 1 aliphatic rings. The summed E-state index contributed by atoms with van der Waals surface area (Å²) in [7, 11) is 0. The van der Waals surface area contributed by atoms with Gasteiger partial charge in [-0.25, -0.2) is 0 Å². The lowest BCUT2D eigenvalue weighted by Crippen LogP contribution is -2.18. The molecular formula is C9H14N2OS2. The van der Waals surface area contributed by atoms with Crippen LogP contribution in [0.1, 0.15) is 30.9 Å². The van der Waals surface area contributed by atoms with Crippen LogP contribution in [0.15, 0.2) is 4.34 Å². The molecule has 1 aromatic heterocycles. The molecule has 0 amide bonds. The highest BCUT2D eigenvalue weighted by Crippen LogP contribution is 2.33. The largest absolute Gasteiger partial charge is 0.371 e. The van der Waals surface area contributed by atoms with Gasteiger partial charge in [-0.05, 0) is 25.0 Å². The van der Waals surface area contributed by atoms with E-state index >= 15 is 0 Å². The Morgan fingerprint density at radius 3 is 2.86 bits per heavy atom. The minimum absolute atomic E-state index is 0.199. The van der Waals surface area contributed by atoms with Crippen molar-refractivity contribution < 1.29 is 4.74 Å². The van der Waals surface area contributed by atoms with Gasteiger partial charge < -0.3 is 4.74 Å². The monoisotopic (exact) mass is 230 g/mol. The lowest BCUT2D eigenvalue weighted by Gasteiger charge is -2.24. The van der Waals surface area contributed by atoms with Gasteiger partial charge in [-0.2, -0.15) is 0 Å². The van der Waals surface area contributed by atoms with Crippen LogP contribution in [-0.4, -0.2) is 23.1 Å². The fourth-order valence-electron chi connectivity index (χ4n) is 1.51. The summed E-state index contributed by atoms with van der Waals surface area (Å²) in [4.78, 5) is 0. The van der Waals surface area contributed by atoms with E-state index in [-0.39, 0.29) is 6.10 Å². The van der Waals surface area contributed by atoms with Crippen LogP contribution in [0, 0.1) is 5.92 Å². The summed E-state index contributed by atoms with van der Waals surface area (Å²) in [5.74, 6) is 0.694. The van der Waals surface area contributed by atoms with Gasteiger partial charge >= 0.3 is 0 Å². The van der Waals surface area contributed by atoms with Crippen molar-refractivity contribution in [3.63, 3.8) is 0 Å². The number of thioether (sulfide) groups is 1. The average molecular weight is 230 g/mol. The summed E-state index contributed by atoms with van der Waals surface area (Å²) in [6, 6.07) is 0. The van der Waals surface area contributed by atoms with Gasteiger partial charge in [0.05, 0.1) is 6.61 Å². The summed E-state index contributed by atoms with van der Waals surface area (Å²) in [5, 5.41) is 9.28. The second-order valence-electron chi connectivity index (χ2n) is 3.61. The smallest absolute Gasteiger partial charge is 0.174 e. The molecule has 0 spiro atoms. The van der Waals surface area contributed by atoms with Crippen LogP contribution in [0.25, 0.3) is 0 Å². The van der Waals surface area contributed by atoms with Crippen LogP contribution >= 0.6 is 23.1 Å². The van der Waals surface area contributed by atoms with Gasteiger partial charge in [0.1, 0.15) is 11.1 Å². The highest BCUT2D eigenvalue weighted by Gasteiger charge is 2.23. The number of hydrogen-bond acceptors (Lipinski definition) is 5. The molecule has 14 heavy (non-hydrogen) atoms. The highest BCUT2D eigenvalue weighted by molar-refractivity contribution is 8.00. The summed E-state index contributed by atoms with van der Waals surface area (Å²) >= 11 is 3.30. The van der Waals surface area contributed by atoms with Gasteiger partial charge in [0.2, 0.25) is 0 Å². The first-order valence-corrected chi connectivity index (χ1v) is 6.82. The normalized spacial score (nSPS) is 27.9. The summed E-state index contributed by atoms with van der Waals surface area (Å²) in [6.07, 6.45) is 4.54. The predicted molar refractivity (Wildman–Crippen MR) is 58.8 cm³/mol. The van der Waals surface area contributed by atoms with Crippen molar-refractivity contribution in [3.8, 4) is 0 Å². The van der Waals surface area contributed by atoms with E-state index in [0.717, 1.165) is 22.4 Å². The Hall–Kier alpha value is -0.130. The van der Waals surface area contributed by atoms with Crippen LogP contribution in [0.4, 0.5) is 0 Å². The van der Waals surface area contributed by atoms with Gasteiger partial charge in [-0.15, -0.1) is 10.2 Å². The molecular weight excluding hydrogens is 216 g/mol. The standard InChI is InChI=1S/C9H14N2OS2/c1-6-3-4-7(12-5-6)8-10-11-9(13-2)14-8/h6-7H,3-5H2,1-2H3/t6-,7+/m1/s1. The third-order valence-electron chi connectivity index (χ3n) is 2.38. The van der Waals surface area contributed by atoms with E-state index in [1.54, 1.807) is 23.1 Å². The molecule has 1 fully saturated rings. The molecule has 3 nitrogen and oxygen atoms in total. The highest BCUT2D eigenvalue weighted by atomic mass is 32.2. The van der Waals surface area contributed by atoms with Crippen molar-refractivity contribution in [3.05, 3.63) is 5.01 Å².